The average molecular weight is 171 g/mol. The van der Waals surface area contributed by atoms with Gasteiger partial charge < -0.3 is 10.6 Å². The molecule has 1 aromatic rings. The molecule has 0 bridgehead atoms. The van der Waals surface area contributed by atoms with E-state index in [4.69, 9.17) is 5.73 Å². The van der Waals surface area contributed by atoms with Crippen molar-refractivity contribution < 1.29 is 0 Å². The molecule has 0 amide bonds. The normalized spacial score (nSPS) is 10.1. The van der Waals surface area contributed by atoms with Gasteiger partial charge in [-0.1, -0.05) is 0 Å². The molecule has 62 valence electrons. The molecule has 0 saturated heterocycles. The van der Waals surface area contributed by atoms with E-state index in [9.17, 15) is 0 Å². The number of likely N-dealkylation sites (N-methyl/N-ethyl adjacent to an activating group) is 1. The highest BCUT2D eigenvalue weighted by Gasteiger charge is 2.02. The molecule has 4 heteroatoms. The van der Waals surface area contributed by atoms with Gasteiger partial charge in [-0.2, -0.15) is 0 Å². The van der Waals surface area contributed by atoms with Crippen molar-refractivity contribution in [1.82, 2.24) is 4.98 Å². The Balaban J connectivity index is 2.60. The van der Waals surface area contributed by atoms with Crippen LogP contribution in [0.15, 0.2) is 5.38 Å². The standard InChI is InChI=1S/C7H13N3S/c1-6-5-11-7(9-6)10(2)4-3-8/h5H,3-4,8H2,1-2H3. The number of nitrogens with two attached hydrogens (primary N) is 1. The largest absolute Gasteiger partial charge is 0.350 e. The summed E-state index contributed by atoms with van der Waals surface area (Å²) >= 11 is 1.66. The molecule has 0 radical (unpaired) electrons. The number of hydrogen-bond acceptors (Lipinski definition) is 4. The van der Waals surface area contributed by atoms with Crippen LogP contribution in [-0.2, 0) is 0 Å². The molecule has 1 rings (SSSR count). The monoisotopic (exact) mass is 171 g/mol. The molecule has 0 aliphatic carbocycles. The molecule has 2 N–H and O–H groups in total. The van der Waals surface area contributed by atoms with E-state index in [2.05, 4.69) is 9.88 Å². The lowest BCUT2D eigenvalue weighted by Gasteiger charge is -2.13. The lowest BCUT2D eigenvalue weighted by molar-refractivity contribution is 0.878. The van der Waals surface area contributed by atoms with E-state index in [0.29, 0.717) is 6.54 Å². The Morgan fingerprint density at radius 2 is 2.45 bits per heavy atom. The van der Waals surface area contributed by atoms with Crippen LogP contribution in [0.1, 0.15) is 5.69 Å². The van der Waals surface area contributed by atoms with Gasteiger partial charge in [-0.05, 0) is 6.92 Å². The fourth-order valence-electron chi connectivity index (χ4n) is 0.806. The minimum atomic E-state index is 0.676. The summed E-state index contributed by atoms with van der Waals surface area (Å²) in [6.07, 6.45) is 0. The van der Waals surface area contributed by atoms with Crippen molar-refractivity contribution in [2.45, 2.75) is 6.92 Å². The molecule has 0 aromatic carbocycles. The highest BCUT2D eigenvalue weighted by Crippen LogP contribution is 2.17. The minimum Gasteiger partial charge on any atom is -0.350 e. The van der Waals surface area contributed by atoms with Gasteiger partial charge in [0.25, 0.3) is 0 Å². The fraction of sp³-hybridized carbons (Fsp3) is 0.571. The predicted octanol–water partition coefficient (Wildman–Crippen LogP) is 0.846. The summed E-state index contributed by atoms with van der Waals surface area (Å²) in [7, 11) is 2.01. The molecular formula is C7H13N3S. The van der Waals surface area contributed by atoms with Gasteiger partial charge in [0.05, 0.1) is 5.69 Å². The van der Waals surface area contributed by atoms with Gasteiger partial charge in [0.1, 0.15) is 0 Å². The summed E-state index contributed by atoms with van der Waals surface area (Å²) in [4.78, 5) is 6.39. The summed E-state index contributed by atoms with van der Waals surface area (Å²) in [6, 6.07) is 0. The molecule has 0 fully saturated rings. The Labute approximate surface area is 70.9 Å². The minimum absolute atomic E-state index is 0.676. The second-order valence-electron chi connectivity index (χ2n) is 2.48. The Kier molecular flexibility index (Phi) is 2.84. The lowest BCUT2D eigenvalue weighted by Crippen LogP contribution is -2.24. The lowest BCUT2D eigenvalue weighted by atomic mass is 10.6. The number of nitrogens with zero attached hydrogens (tertiary/aromatic N) is 2. The van der Waals surface area contributed by atoms with Gasteiger partial charge >= 0.3 is 0 Å². The van der Waals surface area contributed by atoms with Crippen LogP contribution in [0.5, 0.6) is 0 Å². The summed E-state index contributed by atoms with van der Waals surface area (Å²) in [5.41, 5.74) is 6.49. The summed E-state index contributed by atoms with van der Waals surface area (Å²) in [5.74, 6) is 0. The summed E-state index contributed by atoms with van der Waals surface area (Å²) < 4.78 is 0. The quantitative estimate of drug-likeness (QED) is 0.733. The number of rotatable bonds is 3. The van der Waals surface area contributed by atoms with Gasteiger partial charge in [0, 0.05) is 25.5 Å². The molecule has 3 nitrogen and oxygen atoms in total. The van der Waals surface area contributed by atoms with Gasteiger partial charge in [-0.15, -0.1) is 11.3 Å². The molecule has 1 aromatic heterocycles. The van der Waals surface area contributed by atoms with E-state index >= 15 is 0 Å². The molecule has 0 aliphatic rings. The van der Waals surface area contributed by atoms with Crippen LogP contribution in [-0.4, -0.2) is 25.1 Å². The van der Waals surface area contributed by atoms with Crippen molar-refractivity contribution in [1.29, 1.82) is 0 Å². The Bertz CT molecular complexity index is 221. The number of aromatic nitrogens is 1. The Morgan fingerprint density at radius 3 is 2.91 bits per heavy atom. The zero-order valence-corrected chi connectivity index (χ0v) is 7.69. The second kappa shape index (κ2) is 3.69. The third kappa shape index (κ3) is 2.17. The fourth-order valence-corrected chi connectivity index (χ4v) is 1.60. The first-order chi connectivity index (χ1) is 5.24. The molecule has 11 heavy (non-hydrogen) atoms. The van der Waals surface area contributed by atoms with Crippen molar-refractivity contribution in [2.24, 2.45) is 5.73 Å². The van der Waals surface area contributed by atoms with Crippen molar-refractivity contribution >= 4 is 16.5 Å². The maximum absolute atomic E-state index is 5.41. The third-order valence-corrected chi connectivity index (χ3v) is 2.47. The molecule has 0 spiro atoms. The maximum atomic E-state index is 5.41. The zero-order chi connectivity index (χ0) is 8.27. The van der Waals surface area contributed by atoms with E-state index in [1.807, 2.05) is 19.4 Å². The van der Waals surface area contributed by atoms with Gasteiger partial charge in [-0.25, -0.2) is 4.98 Å². The second-order valence-corrected chi connectivity index (χ2v) is 3.32. The van der Waals surface area contributed by atoms with Gasteiger partial charge in [0.15, 0.2) is 5.13 Å². The highest BCUT2D eigenvalue weighted by molar-refractivity contribution is 7.13. The maximum Gasteiger partial charge on any atom is 0.185 e. The number of anilines is 1. The molecule has 1 heterocycles. The van der Waals surface area contributed by atoms with E-state index in [1.54, 1.807) is 11.3 Å². The van der Waals surface area contributed by atoms with Crippen molar-refractivity contribution in [2.75, 3.05) is 25.0 Å². The third-order valence-electron chi connectivity index (χ3n) is 1.40. The molecule has 0 atom stereocenters. The van der Waals surface area contributed by atoms with Crippen molar-refractivity contribution in [3.8, 4) is 0 Å². The first kappa shape index (κ1) is 8.49. The SMILES string of the molecule is Cc1csc(N(C)CCN)n1. The van der Waals surface area contributed by atoms with Gasteiger partial charge in [0.2, 0.25) is 0 Å². The smallest absolute Gasteiger partial charge is 0.185 e. The van der Waals surface area contributed by atoms with Crippen LogP contribution in [0.4, 0.5) is 5.13 Å². The Morgan fingerprint density at radius 1 is 1.73 bits per heavy atom. The van der Waals surface area contributed by atoms with E-state index in [0.717, 1.165) is 17.4 Å². The Hall–Kier alpha value is -0.610. The first-order valence-electron chi connectivity index (χ1n) is 3.57. The molecule has 0 saturated carbocycles. The van der Waals surface area contributed by atoms with Crippen LogP contribution < -0.4 is 10.6 Å². The van der Waals surface area contributed by atoms with Crippen LogP contribution in [0.2, 0.25) is 0 Å². The predicted molar refractivity (Wildman–Crippen MR) is 49.2 cm³/mol. The van der Waals surface area contributed by atoms with Crippen LogP contribution >= 0.6 is 11.3 Å². The number of aryl methyl sites for hydroxylation is 1. The number of thiazole rings is 1. The van der Waals surface area contributed by atoms with Crippen LogP contribution in [0, 0.1) is 6.92 Å². The van der Waals surface area contributed by atoms with Crippen LogP contribution in [0.25, 0.3) is 0 Å². The zero-order valence-electron chi connectivity index (χ0n) is 6.87. The highest BCUT2D eigenvalue weighted by atomic mass is 32.1. The average Bonchev–Trinajstić information content (AvgIpc) is 2.36. The summed E-state index contributed by atoms with van der Waals surface area (Å²) in [6.45, 7) is 3.54. The van der Waals surface area contributed by atoms with Crippen molar-refractivity contribution in [3.63, 3.8) is 0 Å². The van der Waals surface area contributed by atoms with Gasteiger partial charge in [-0.3, -0.25) is 0 Å². The van der Waals surface area contributed by atoms with E-state index in [1.165, 1.54) is 0 Å². The van der Waals surface area contributed by atoms with E-state index < -0.39 is 0 Å². The molecule has 0 aliphatic heterocycles. The van der Waals surface area contributed by atoms with Crippen LogP contribution in [0.3, 0.4) is 0 Å². The molecule has 0 unspecified atom stereocenters. The molecular weight excluding hydrogens is 158 g/mol. The summed E-state index contributed by atoms with van der Waals surface area (Å²) in [5, 5.41) is 3.09. The van der Waals surface area contributed by atoms with E-state index in [-0.39, 0.29) is 0 Å². The van der Waals surface area contributed by atoms with Crippen molar-refractivity contribution in [3.05, 3.63) is 11.1 Å². The number of hydrogen-bond donors (Lipinski definition) is 1. The first-order valence-corrected chi connectivity index (χ1v) is 4.45. The topological polar surface area (TPSA) is 42.1 Å².